The van der Waals surface area contributed by atoms with Gasteiger partial charge in [0.25, 0.3) is 0 Å². The number of nitrogens with zero attached hydrogens (tertiary/aromatic N) is 4. The fourth-order valence-electron chi connectivity index (χ4n) is 5.53. The standard InChI is InChI=1S/C31H38N4O/c1-5-21(2)23(4)36-30-17-25(10-9-22(30)3)28-18-29(24-7-6-8-24)35-20-26(11-12-31(35)32-28)34-16-15-33-14-13-27(33)19-34/h9-12,17-18,20,27H,5-8,13-16,19H2,1-4H3/b23-21+. The highest BCUT2D eigenvalue weighted by molar-refractivity contribution is 6.02. The number of aryl methyl sites for hydroxylation is 1. The van der Waals surface area contributed by atoms with Gasteiger partial charge in [-0.15, -0.1) is 0 Å². The van der Waals surface area contributed by atoms with Gasteiger partial charge in [0.1, 0.15) is 11.6 Å². The quantitative estimate of drug-likeness (QED) is 0.456. The summed E-state index contributed by atoms with van der Waals surface area (Å²) in [6, 6.07) is 7.21. The molecule has 5 aliphatic rings. The first-order chi connectivity index (χ1) is 17.5. The Hall–Kier alpha value is -3.05. The summed E-state index contributed by atoms with van der Waals surface area (Å²) in [5.41, 5.74) is 8.70. The molecule has 4 aliphatic heterocycles. The van der Waals surface area contributed by atoms with E-state index in [9.17, 15) is 0 Å². The molecule has 0 spiro atoms. The van der Waals surface area contributed by atoms with Gasteiger partial charge in [-0.05, 0) is 93.9 Å². The van der Waals surface area contributed by atoms with Crippen LogP contribution in [-0.2, 0) is 0 Å². The fraction of sp³-hybridized carbons (Fsp3) is 0.452. The average Bonchev–Trinajstić information content (AvgIpc) is 2.84. The van der Waals surface area contributed by atoms with Crippen LogP contribution in [0.25, 0.3) is 5.70 Å². The van der Waals surface area contributed by atoms with Gasteiger partial charge < -0.3 is 9.64 Å². The van der Waals surface area contributed by atoms with Crippen LogP contribution < -0.4 is 4.74 Å². The van der Waals surface area contributed by atoms with Crippen molar-refractivity contribution in [1.29, 1.82) is 0 Å². The third-order valence-corrected chi connectivity index (χ3v) is 8.60. The number of rotatable bonds is 5. The molecule has 0 aromatic heterocycles. The first-order valence-corrected chi connectivity index (χ1v) is 13.7. The third-order valence-electron chi connectivity index (χ3n) is 8.60. The summed E-state index contributed by atoms with van der Waals surface area (Å²) in [7, 11) is 0. The van der Waals surface area contributed by atoms with Crippen molar-refractivity contribution in [3.8, 4) is 5.75 Å². The minimum absolute atomic E-state index is 0.734. The predicted octanol–water partition coefficient (Wildman–Crippen LogP) is 6.37. The number of amidine groups is 1. The Balaban J connectivity index is 1.31. The average molecular weight is 483 g/mol. The molecule has 0 N–H and O–H groups in total. The molecule has 1 aromatic carbocycles. The summed E-state index contributed by atoms with van der Waals surface area (Å²) in [4.78, 5) is 12.6. The molecule has 1 aromatic rings. The van der Waals surface area contributed by atoms with Crippen molar-refractivity contribution in [1.82, 2.24) is 14.7 Å². The Morgan fingerprint density at radius 3 is 2.67 bits per heavy atom. The Morgan fingerprint density at radius 2 is 1.97 bits per heavy atom. The number of fused-ring (bicyclic) bond motifs is 2. The summed E-state index contributed by atoms with van der Waals surface area (Å²) in [6.45, 7) is 13.2. The summed E-state index contributed by atoms with van der Waals surface area (Å²) < 4.78 is 6.29. The van der Waals surface area contributed by atoms with E-state index >= 15 is 0 Å². The molecule has 4 heterocycles. The zero-order valence-electron chi connectivity index (χ0n) is 22.2. The van der Waals surface area contributed by atoms with Gasteiger partial charge in [0.15, 0.2) is 0 Å². The van der Waals surface area contributed by atoms with Gasteiger partial charge in [0.05, 0.1) is 17.2 Å². The SMILES string of the molecule is CC/C(C)=C(\C)Oc1cc(C2=CC(=C3CCC3)N3C=C(N4CCN5CCC5C4)C=CC3=N2)ccc1C. The molecule has 5 nitrogen and oxygen atoms in total. The van der Waals surface area contributed by atoms with Crippen molar-refractivity contribution in [3.63, 3.8) is 0 Å². The number of aliphatic imine (C=N–C) groups is 1. The number of hydrogen-bond acceptors (Lipinski definition) is 5. The van der Waals surface area contributed by atoms with Crippen molar-refractivity contribution < 1.29 is 4.74 Å². The van der Waals surface area contributed by atoms with Crippen LogP contribution in [0.3, 0.4) is 0 Å². The van der Waals surface area contributed by atoms with E-state index < -0.39 is 0 Å². The van der Waals surface area contributed by atoms with Gasteiger partial charge in [0, 0.05) is 49.7 Å². The van der Waals surface area contributed by atoms with E-state index in [1.54, 1.807) is 0 Å². The zero-order chi connectivity index (χ0) is 24.8. The minimum Gasteiger partial charge on any atom is -0.462 e. The fourth-order valence-corrected chi connectivity index (χ4v) is 5.53. The molecular weight excluding hydrogens is 444 g/mol. The number of allylic oxidation sites excluding steroid dienone is 5. The van der Waals surface area contributed by atoms with Gasteiger partial charge in [-0.1, -0.05) is 19.1 Å². The monoisotopic (exact) mass is 482 g/mol. The van der Waals surface area contributed by atoms with E-state index in [0.29, 0.717) is 0 Å². The van der Waals surface area contributed by atoms with Crippen LogP contribution in [0.1, 0.15) is 64.0 Å². The third kappa shape index (κ3) is 4.24. The van der Waals surface area contributed by atoms with Gasteiger partial charge in [0.2, 0.25) is 0 Å². The highest BCUT2D eigenvalue weighted by atomic mass is 16.5. The van der Waals surface area contributed by atoms with E-state index in [-0.39, 0.29) is 0 Å². The molecule has 1 aliphatic carbocycles. The molecule has 36 heavy (non-hydrogen) atoms. The first kappa shape index (κ1) is 23.4. The van der Waals surface area contributed by atoms with Gasteiger partial charge >= 0.3 is 0 Å². The van der Waals surface area contributed by atoms with Gasteiger partial charge in [-0.25, -0.2) is 4.99 Å². The van der Waals surface area contributed by atoms with Crippen molar-refractivity contribution in [2.45, 2.75) is 65.8 Å². The van der Waals surface area contributed by atoms with Crippen molar-refractivity contribution in [3.05, 3.63) is 82.1 Å². The van der Waals surface area contributed by atoms with Crippen LogP contribution in [0.15, 0.2) is 75.9 Å². The maximum absolute atomic E-state index is 6.29. The van der Waals surface area contributed by atoms with E-state index in [2.05, 4.69) is 85.0 Å². The lowest BCUT2D eigenvalue weighted by molar-refractivity contribution is 0.0206. The molecule has 0 radical (unpaired) electrons. The number of piperazine rings is 1. The minimum atomic E-state index is 0.734. The summed E-state index contributed by atoms with van der Waals surface area (Å²) in [5.74, 6) is 2.91. The summed E-state index contributed by atoms with van der Waals surface area (Å²) >= 11 is 0. The Kier molecular flexibility index (Phi) is 6.12. The first-order valence-electron chi connectivity index (χ1n) is 13.7. The van der Waals surface area contributed by atoms with Crippen LogP contribution in [0.4, 0.5) is 0 Å². The Morgan fingerprint density at radius 1 is 1.11 bits per heavy atom. The van der Waals surface area contributed by atoms with Gasteiger partial charge in [-0.3, -0.25) is 9.80 Å². The zero-order valence-corrected chi connectivity index (χ0v) is 22.2. The van der Waals surface area contributed by atoms with E-state index in [4.69, 9.17) is 9.73 Å². The van der Waals surface area contributed by atoms with Gasteiger partial charge in [-0.2, -0.15) is 0 Å². The summed E-state index contributed by atoms with van der Waals surface area (Å²) in [6.07, 6.45) is 15.1. The van der Waals surface area contributed by atoms with Crippen LogP contribution in [0.5, 0.6) is 5.75 Å². The van der Waals surface area contributed by atoms with Crippen LogP contribution in [0, 0.1) is 6.92 Å². The predicted molar refractivity (Wildman–Crippen MR) is 147 cm³/mol. The van der Waals surface area contributed by atoms with E-state index in [0.717, 1.165) is 59.7 Å². The summed E-state index contributed by atoms with van der Waals surface area (Å²) in [5, 5.41) is 0. The lowest BCUT2D eigenvalue weighted by Gasteiger charge is -2.49. The molecular formula is C31H38N4O. The molecule has 188 valence electrons. The van der Waals surface area contributed by atoms with Crippen LogP contribution in [-0.4, -0.2) is 52.8 Å². The second kappa shape index (κ2) is 9.44. The molecule has 2 saturated heterocycles. The Labute approximate surface area is 215 Å². The molecule has 6 rings (SSSR count). The molecule has 0 amide bonds. The highest BCUT2D eigenvalue weighted by Gasteiger charge is 2.35. The highest BCUT2D eigenvalue weighted by Crippen LogP contribution is 2.38. The number of benzene rings is 1. The van der Waals surface area contributed by atoms with Crippen LogP contribution >= 0.6 is 0 Å². The Bertz CT molecular complexity index is 1260. The van der Waals surface area contributed by atoms with E-state index in [1.807, 2.05) is 0 Å². The number of ether oxygens (including phenoxy) is 1. The van der Waals surface area contributed by atoms with E-state index in [1.165, 1.54) is 61.3 Å². The molecule has 3 fully saturated rings. The topological polar surface area (TPSA) is 31.3 Å². The second-order valence-corrected chi connectivity index (χ2v) is 10.8. The maximum Gasteiger partial charge on any atom is 0.137 e. The molecule has 0 bridgehead atoms. The maximum atomic E-state index is 6.29. The lowest BCUT2D eigenvalue weighted by atomic mass is 9.88. The van der Waals surface area contributed by atoms with Crippen molar-refractivity contribution in [2.75, 3.05) is 26.2 Å². The lowest BCUT2D eigenvalue weighted by Crippen LogP contribution is -2.59. The second-order valence-electron chi connectivity index (χ2n) is 10.8. The normalized spacial score (nSPS) is 24.1. The molecule has 1 saturated carbocycles. The smallest absolute Gasteiger partial charge is 0.137 e. The largest absolute Gasteiger partial charge is 0.462 e. The molecule has 1 atom stereocenters. The number of hydrogen-bond donors (Lipinski definition) is 0. The van der Waals surface area contributed by atoms with Crippen molar-refractivity contribution in [2.24, 2.45) is 4.99 Å². The molecule has 1 unspecified atom stereocenters. The van der Waals surface area contributed by atoms with Crippen molar-refractivity contribution >= 4 is 11.5 Å². The molecule has 5 heteroatoms. The van der Waals surface area contributed by atoms with Crippen LogP contribution in [0.2, 0.25) is 0 Å².